The molecular formula is C45H28N2. The van der Waals surface area contributed by atoms with Gasteiger partial charge in [0.1, 0.15) is 0 Å². The third kappa shape index (κ3) is 4.26. The Balaban J connectivity index is 1.28. The second-order valence-corrected chi connectivity index (χ2v) is 12.0. The van der Waals surface area contributed by atoms with Gasteiger partial charge in [0.25, 0.3) is 0 Å². The van der Waals surface area contributed by atoms with Gasteiger partial charge in [-0.3, -0.25) is 0 Å². The summed E-state index contributed by atoms with van der Waals surface area (Å²) in [7, 11) is 0. The molecule has 9 rings (SSSR count). The average molecular weight is 597 g/mol. The Morgan fingerprint density at radius 2 is 0.851 bits per heavy atom. The molecule has 8 aromatic carbocycles. The number of hydrogen-bond acceptors (Lipinski definition) is 1. The van der Waals surface area contributed by atoms with Gasteiger partial charge in [-0.2, -0.15) is 5.26 Å². The van der Waals surface area contributed by atoms with E-state index in [4.69, 9.17) is 0 Å². The van der Waals surface area contributed by atoms with Crippen molar-refractivity contribution in [3.63, 3.8) is 0 Å². The number of nitriles is 1. The van der Waals surface area contributed by atoms with Crippen molar-refractivity contribution in [1.29, 1.82) is 5.26 Å². The molecule has 0 aliphatic rings. The van der Waals surface area contributed by atoms with Gasteiger partial charge in [0, 0.05) is 22.0 Å². The SMILES string of the molecule is N#Cc1ccc(-n2c3ccccc3c3ccccc32)cc1-c1cccc(-c2c3ccccc3c(-c3ccccc3)c3ccccc23)c1. The lowest BCUT2D eigenvalue weighted by Gasteiger charge is -2.18. The largest absolute Gasteiger partial charge is 0.309 e. The number of rotatable bonds is 4. The minimum Gasteiger partial charge on any atom is -0.309 e. The standard InChI is InChI=1S/C45H28N2/c46-29-33-25-26-34(47-42-23-10-8-17-35(42)36-18-9-11-24-43(36)47)28-41(33)31-15-12-16-32(27-31)45-39-21-6-4-19-37(39)44(30-13-2-1-3-14-30)38-20-5-7-22-40(38)45/h1-28H. The van der Waals surface area contributed by atoms with Crippen LogP contribution >= 0.6 is 0 Å². The summed E-state index contributed by atoms with van der Waals surface area (Å²) in [6.45, 7) is 0. The molecule has 0 amide bonds. The van der Waals surface area contributed by atoms with Crippen LogP contribution in [0.2, 0.25) is 0 Å². The van der Waals surface area contributed by atoms with E-state index in [1.54, 1.807) is 0 Å². The molecule has 2 heteroatoms. The van der Waals surface area contributed by atoms with Crippen molar-refractivity contribution in [2.75, 3.05) is 0 Å². The lowest BCUT2D eigenvalue weighted by atomic mass is 9.85. The summed E-state index contributed by atoms with van der Waals surface area (Å²) >= 11 is 0. The van der Waals surface area contributed by atoms with Crippen molar-refractivity contribution >= 4 is 43.4 Å². The summed E-state index contributed by atoms with van der Waals surface area (Å²) in [5.74, 6) is 0. The summed E-state index contributed by atoms with van der Waals surface area (Å²) in [4.78, 5) is 0. The maximum atomic E-state index is 10.3. The van der Waals surface area contributed by atoms with E-state index >= 15 is 0 Å². The third-order valence-corrected chi connectivity index (χ3v) is 9.42. The fourth-order valence-corrected chi connectivity index (χ4v) is 7.41. The second-order valence-electron chi connectivity index (χ2n) is 12.0. The Kier molecular flexibility index (Phi) is 6.23. The molecule has 2 nitrogen and oxygen atoms in total. The highest BCUT2D eigenvalue weighted by atomic mass is 15.0. The van der Waals surface area contributed by atoms with Gasteiger partial charge in [-0.1, -0.05) is 133 Å². The highest BCUT2D eigenvalue weighted by Crippen LogP contribution is 2.44. The van der Waals surface area contributed by atoms with Gasteiger partial charge in [-0.05, 0) is 85.8 Å². The summed E-state index contributed by atoms with van der Waals surface area (Å²) in [6, 6.07) is 62.6. The zero-order chi connectivity index (χ0) is 31.3. The van der Waals surface area contributed by atoms with Gasteiger partial charge in [0.15, 0.2) is 0 Å². The van der Waals surface area contributed by atoms with Gasteiger partial charge in [0.2, 0.25) is 0 Å². The molecule has 218 valence electrons. The van der Waals surface area contributed by atoms with E-state index < -0.39 is 0 Å². The fourth-order valence-electron chi connectivity index (χ4n) is 7.41. The molecule has 0 saturated carbocycles. The van der Waals surface area contributed by atoms with Crippen molar-refractivity contribution in [3.8, 4) is 45.1 Å². The van der Waals surface area contributed by atoms with Crippen LogP contribution in [0.4, 0.5) is 0 Å². The van der Waals surface area contributed by atoms with E-state index in [2.05, 4.69) is 174 Å². The van der Waals surface area contributed by atoms with Crippen LogP contribution in [0, 0.1) is 11.3 Å². The Hall–Kier alpha value is -6.43. The molecule has 0 radical (unpaired) electrons. The van der Waals surface area contributed by atoms with Crippen molar-refractivity contribution in [1.82, 2.24) is 4.57 Å². The highest BCUT2D eigenvalue weighted by molar-refractivity contribution is 6.21. The van der Waals surface area contributed by atoms with E-state index in [-0.39, 0.29) is 0 Å². The predicted octanol–water partition coefficient (Wildman–Crippen LogP) is 12.0. The topological polar surface area (TPSA) is 28.7 Å². The zero-order valence-electron chi connectivity index (χ0n) is 25.6. The number of fused-ring (bicyclic) bond motifs is 5. The molecule has 1 heterocycles. The Morgan fingerprint density at radius 3 is 1.43 bits per heavy atom. The van der Waals surface area contributed by atoms with Gasteiger partial charge < -0.3 is 4.57 Å². The highest BCUT2D eigenvalue weighted by Gasteiger charge is 2.18. The van der Waals surface area contributed by atoms with Crippen molar-refractivity contribution in [3.05, 3.63) is 175 Å². The summed E-state index contributed by atoms with van der Waals surface area (Å²) in [5, 5.41) is 17.6. The van der Waals surface area contributed by atoms with Crippen LogP contribution < -0.4 is 0 Å². The maximum absolute atomic E-state index is 10.3. The van der Waals surface area contributed by atoms with Crippen LogP contribution in [0.1, 0.15) is 5.56 Å². The first kappa shape index (κ1) is 26.9. The lowest BCUT2D eigenvalue weighted by molar-refractivity contribution is 1.18. The quantitative estimate of drug-likeness (QED) is 0.186. The zero-order valence-corrected chi connectivity index (χ0v) is 25.6. The molecule has 0 atom stereocenters. The Labute approximate surface area is 273 Å². The molecule has 9 aromatic rings. The van der Waals surface area contributed by atoms with Gasteiger partial charge in [-0.25, -0.2) is 0 Å². The molecule has 0 N–H and O–H groups in total. The molecule has 0 unspecified atom stereocenters. The van der Waals surface area contributed by atoms with E-state index in [0.29, 0.717) is 5.56 Å². The summed E-state index contributed by atoms with van der Waals surface area (Å²) in [5.41, 5.74) is 10.7. The molecule has 47 heavy (non-hydrogen) atoms. The minimum absolute atomic E-state index is 0.654. The lowest BCUT2D eigenvalue weighted by Crippen LogP contribution is -1.96. The van der Waals surface area contributed by atoms with Crippen LogP contribution in [0.15, 0.2) is 170 Å². The van der Waals surface area contributed by atoms with Crippen LogP contribution in [-0.2, 0) is 0 Å². The first-order valence-corrected chi connectivity index (χ1v) is 15.9. The first-order chi connectivity index (χ1) is 23.3. The normalized spacial score (nSPS) is 11.4. The number of hydrogen-bond donors (Lipinski definition) is 0. The molecular weight excluding hydrogens is 569 g/mol. The van der Waals surface area contributed by atoms with Crippen molar-refractivity contribution in [2.45, 2.75) is 0 Å². The number of nitrogens with zero attached hydrogens (tertiary/aromatic N) is 2. The number of benzene rings is 8. The number of aromatic nitrogens is 1. The molecule has 0 bridgehead atoms. The van der Waals surface area contributed by atoms with Gasteiger partial charge >= 0.3 is 0 Å². The molecule has 0 fully saturated rings. The summed E-state index contributed by atoms with van der Waals surface area (Å²) in [6.07, 6.45) is 0. The Bertz CT molecular complexity index is 2580. The third-order valence-electron chi connectivity index (χ3n) is 9.42. The molecule has 0 aliphatic heterocycles. The van der Waals surface area contributed by atoms with Crippen LogP contribution in [-0.4, -0.2) is 4.57 Å². The predicted molar refractivity (Wildman–Crippen MR) is 197 cm³/mol. The van der Waals surface area contributed by atoms with Crippen molar-refractivity contribution in [2.24, 2.45) is 0 Å². The Morgan fingerprint density at radius 1 is 0.383 bits per heavy atom. The molecule has 0 spiro atoms. The number of para-hydroxylation sites is 2. The van der Waals surface area contributed by atoms with Gasteiger partial charge in [0.05, 0.1) is 22.7 Å². The minimum atomic E-state index is 0.654. The smallest absolute Gasteiger partial charge is 0.0998 e. The van der Waals surface area contributed by atoms with E-state index in [1.807, 2.05) is 6.07 Å². The second kappa shape index (κ2) is 10.9. The average Bonchev–Trinajstić information content (AvgIpc) is 3.48. The van der Waals surface area contributed by atoms with Crippen LogP contribution in [0.25, 0.3) is 82.4 Å². The monoisotopic (exact) mass is 596 g/mol. The van der Waals surface area contributed by atoms with E-state index in [0.717, 1.165) is 33.4 Å². The van der Waals surface area contributed by atoms with Crippen LogP contribution in [0.3, 0.4) is 0 Å². The van der Waals surface area contributed by atoms with Gasteiger partial charge in [-0.15, -0.1) is 0 Å². The molecule has 0 aliphatic carbocycles. The first-order valence-electron chi connectivity index (χ1n) is 15.9. The van der Waals surface area contributed by atoms with E-state index in [9.17, 15) is 5.26 Å². The fraction of sp³-hybridized carbons (Fsp3) is 0. The summed E-state index contributed by atoms with van der Waals surface area (Å²) < 4.78 is 2.31. The molecule has 0 saturated heterocycles. The molecule has 1 aromatic heterocycles. The van der Waals surface area contributed by atoms with Crippen molar-refractivity contribution < 1.29 is 0 Å². The van der Waals surface area contributed by atoms with Crippen LogP contribution in [0.5, 0.6) is 0 Å². The van der Waals surface area contributed by atoms with E-state index in [1.165, 1.54) is 49.0 Å². The maximum Gasteiger partial charge on any atom is 0.0998 e.